The molecule has 5 rings (SSSR count). The second-order valence-electron chi connectivity index (χ2n) is 8.86. The van der Waals surface area contributed by atoms with Gasteiger partial charge in [-0.1, -0.05) is 48.5 Å². The van der Waals surface area contributed by atoms with Crippen molar-refractivity contribution in [2.24, 2.45) is 11.8 Å². The van der Waals surface area contributed by atoms with E-state index >= 15 is 0 Å². The van der Waals surface area contributed by atoms with Crippen LogP contribution in [0.2, 0.25) is 0 Å². The summed E-state index contributed by atoms with van der Waals surface area (Å²) >= 11 is 0. The number of hydrogen-bond donors (Lipinski definition) is 4. The number of benzene rings is 2. The number of ether oxygens (including phenoxy) is 1. The molecular formula is C25H25N5O5. The quantitative estimate of drug-likeness (QED) is 0.371. The Hall–Kier alpha value is -4.21. The van der Waals surface area contributed by atoms with Gasteiger partial charge in [0.15, 0.2) is 0 Å². The predicted molar refractivity (Wildman–Crippen MR) is 126 cm³/mol. The Kier molecular flexibility index (Phi) is 6.17. The summed E-state index contributed by atoms with van der Waals surface area (Å²) in [6.45, 7) is 0.384. The Bertz CT molecular complexity index is 1220. The van der Waals surface area contributed by atoms with E-state index in [1.165, 1.54) is 0 Å². The number of aliphatic carboxylic acids is 1. The molecule has 35 heavy (non-hydrogen) atoms. The molecule has 0 radical (unpaired) electrons. The number of nitrogens with one attached hydrogen (secondary N) is 3. The van der Waals surface area contributed by atoms with Crippen molar-refractivity contribution in [1.29, 1.82) is 0 Å². The van der Waals surface area contributed by atoms with Crippen LogP contribution in [0.15, 0.2) is 48.5 Å². The van der Waals surface area contributed by atoms with E-state index in [9.17, 15) is 14.4 Å². The zero-order valence-electron chi connectivity index (χ0n) is 18.9. The number of carbonyl (C=O) groups excluding carboxylic acids is 2. The minimum Gasteiger partial charge on any atom is -0.481 e. The first-order valence-corrected chi connectivity index (χ1v) is 11.5. The molecule has 1 unspecified atom stereocenters. The van der Waals surface area contributed by atoms with Gasteiger partial charge in [0.25, 0.3) is 11.9 Å². The van der Waals surface area contributed by atoms with Crippen LogP contribution in [0, 0.1) is 11.8 Å². The van der Waals surface area contributed by atoms with Crippen molar-refractivity contribution >= 4 is 23.9 Å². The molecule has 4 N–H and O–H groups in total. The molecule has 1 saturated carbocycles. The summed E-state index contributed by atoms with van der Waals surface area (Å²) in [5, 5.41) is 20.5. The molecule has 0 aliphatic heterocycles. The van der Waals surface area contributed by atoms with Crippen molar-refractivity contribution in [2.45, 2.75) is 25.2 Å². The Morgan fingerprint density at radius 3 is 2.34 bits per heavy atom. The number of hydrogen-bond acceptors (Lipinski definition) is 6. The van der Waals surface area contributed by atoms with Crippen LogP contribution in [0.25, 0.3) is 11.1 Å². The first-order chi connectivity index (χ1) is 17.0. The Balaban J connectivity index is 1.15. The number of rotatable bonds is 9. The number of aromatic nitrogens is 3. The molecule has 10 nitrogen and oxygen atoms in total. The number of aromatic amines is 1. The number of nitrogens with zero attached hydrogens (tertiary/aromatic N) is 2. The van der Waals surface area contributed by atoms with Crippen molar-refractivity contribution in [2.75, 3.05) is 18.5 Å². The molecule has 10 heteroatoms. The maximum absolute atomic E-state index is 12.4. The lowest BCUT2D eigenvalue weighted by atomic mass is 9.98. The van der Waals surface area contributed by atoms with Crippen LogP contribution in [0.4, 0.5) is 10.7 Å². The van der Waals surface area contributed by atoms with Crippen molar-refractivity contribution in [3.63, 3.8) is 0 Å². The van der Waals surface area contributed by atoms with Gasteiger partial charge in [-0.15, -0.1) is 5.10 Å². The number of carboxylic acids is 1. The average molecular weight is 476 g/mol. The first-order valence-electron chi connectivity index (χ1n) is 11.5. The maximum atomic E-state index is 12.4. The molecule has 2 aliphatic carbocycles. The number of carboxylic acid groups (broad SMARTS) is 1. The predicted octanol–water partition coefficient (Wildman–Crippen LogP) is 3.40. The SMILES string of the molecule is O=C(O)CC(CNC(=O)c1nc(NC(=O)OCC2c3ccccc3-c3ccccc32)n[nH]1)C1CC1. The first kappa shape index (κ1) is 22.6. The monoisotopic (exact) mass is 475 g/mol. The largest absolute Gasteiger partial charge is 0.481 e. The third-order valence-electron chi connectivity index (χ3n) is 6.51. The van der Waals surface area contributed by atoms with Crippen molar-refractivity contribution in [1.82, 2.24) is 20.5 Å². The molecule has 180 valence electrons. The highest BCUT2D eigenvalue weighted by Crippen LogP contribution is 2.44. The zero-order valence-corrected chi connectivity index (χ0v) is 18.9. The zero-order chi connectivity index (χ0) is 24.4. The normalized spacial score (nSPS) is 15.1. The van der Waals surface area contributed by atoms with Crippen molar-refractivity contribution in [3.8, 4) is 11.1 Å². The number of anilines is 1. The van der Waals surface area contributed by atoms with E-state index < -0.39 is 18.0 Å². The molecule has 2 aliphatic rings. The molecule has 1 fully saturated rings. The van der Waals surface area contributed by atoms with E-state index in [-0.39, 0.29) is 43.2 Å². The minimum atomic E-state index is -0.884. The third-order valence-corrected chi connectivity index (χ3v) is 6.51. The molecule has 1 aromatic heterocycles. The smallest absolute Gasteiger partial charge is 0.414 e. The standard InChI is InChI=1S/C25H25N5O5/c31-21(32)11-15(14-9-10-14)12-26-23(33)22-27-24(30-29-22)28-25(34)35-13-20-18-7-3-1-5-16(18)17-6-2-4-8-19(17)20/h1-8,14-15,20H,9-13H2,(H,26,33)(H,31,32)(H2,27,28,29,30,34). The number of amides is 2. The van der Waals surface area contributed by atoms with Crippen LogP contribution in [0.5, 0.6) is 0 Å². The van der Waals surface area contributed by atoms with Gasteiger partial charge in [-0.05, 0) is 46.9 Å². The van der Waals surface area contributed by atoms with Gasteiger partial charge in [0, 0.05) is 12.5 Å². The van der Waals surface area contributed by atoms with Gasteiger partial charge < -0.3 is 15.2 Å². The van der Waals surface area contributed by atoms with Crippen molar-refractivity contribution in [3.05, 3.63) is 65.5 Å². The van der Waals surface area contributed by atoms with Crippen LogP contribution in [-0.4, -0.2) is 51.4 Å². The molecule has 0 bridgehead atoms. The van der Waals surface area contributed by atoms with E-state index in [0.29, 0.717) is 5.92 Å². The van der Waals surface area contributed by atoms with Crippen LogP contribution in [0.3, 0.4) is 0 Å². The summed E-state index contributed by atoms with van der Waals surface area (Å²) in [5.74, 6) is -1.43. The highest BCUT2D eigenvalue weighted by molar-refractivity contribution is 5.91. The molecule has 0 saturated heterocycles. The Labute approximate surface area is 201 Å². The van der Waals surface area contributed by atoms with Crippen LogP contribution in [-0.2, 0) is 9.53 Å². The van der Waals surface area contributed by atoms with Crippen LogP contribution < -0.4 is 10.6 Å². The van der Waals surface area contributed by atoms with E-state index in [1.807, 2.05) is 36.4 Å². The summed E-state index contributed by atoms with van der Waals surface area (Å²) in [7, 11) is 0. The fourth-order valence-corrected chi connectivity index (χ4v) is 4.65. The summed E-state index contributed by atoms with van der Waals surface area (Å²) in [5.41, 5.74) is 4.47. The molecule has 1 atom stereocenters. The molecular weight excluding hydrogens is 450 g/mol. The van der Waals surface area contributed by atoms with Gasteiger partial charge in [0.05, 0.1) is 6.42 Å². The summed E-state index contributed by atoms with van der Waals surface area (Å²) in [6, 6.07) is 16.1. The Morgan fingerprint density at radius 2 is 1.71 bits per heavy atom. The minimum absolute atomic E-state index is 0.00986. The summed E-state index contributed by atoms with van der Waals surface area (Å²) in [4.78, 5) is 39.8. The van der Waals surface area contributed by atoms with Gasteiger partial charge in [-0.25, -0.2) is 4.79 Å². The molecule has 3 aromatic rings. The second-order valence-corrected chi connectivity index (χ2v) is 8.86. The maximum Gasteiger partial charge on any atom is 0.414 e. The van der Waals surface area contributed by atoms with Crippen molar-refractivity contribution < 1.29 is 24.2 Å². The van der Waals surface area contributed by atoms with Gasteiger partial charge in [-0.3, -0.25) is 20.0 Å². The topological polar surface area (TPSA) is 146 Å². The lowest BCUT2D eigenvalue weighted by Crippen LogP contribution is -2.32. The fourth-order valence-electron chi connectivity index (χ4n) is 4.65. The fraction of sp³-hybridized carbons (Fsp3) is 0.320. The van der Waals surface area contributed by atoms with Gasteiger partial charge >= 0.3 is 12.1 Å². The second kappa shape index (κ2) is 9.57. The van der Waals surface area contributed by atoms with Crippen LogP contribution >= 0.6 is 0 Å². The molecule has 2 aromatic carbocycles. The molecule has 0 spiro atoms. The lowest BCUT2D eigenvalue weighted by molar-refractivity contribution is -0.138. The number of carbonyl (C=O) groups is 3. The lowest BCUT2D eigenvalue weighted by Gasteiger charge is -2.14. The highest BCUT2D eigenvalue weighted by Gasteiger charge is 2.33. The third kappa shape index (κ3) is 5.01. The average Bonchev–Trinajstić information content (AvgIpc) is 3.51. The van der Waals surface area contributed by atoms with E-state index in [1.54, 1.807) is 0 Å². The van der Waals surface area contributed by atoms with E-state index in [2.05, 4.69) is 37.9 Å². The molecule has 1 heterocycles. The van der Waals surface area contributed by atoms with E-state index in [0.717, 1.165) is 35.1 Å². The van der Waals surface area contributed by atoms with Gasteiger partial charge in [-0.2, -0.15) is 4.98 Å². The van der Waals surface area contributed by atoms with Gasteiger partial charge in [0.1, 0.15) is 6.61 Å². The summed E-state index contributed by atoms with van der Waals surface area (Å²) < 4.78 is 5.46. The van der Waals surface area contributed by atoms with E-state index in [4.69, 9.17) is 9.84 Å². The van der Waals surface area contributed by atoms with Gasteiger partial charge in [0.2, 0.25) is 5.82 Å². The van der Waals surface area contributed by atoms with Crippen LogP contribution in [0.1, 0.15) is 46.9 Å². The summed E-state index contributed by atoms with van der Waals surface area (Å²) in [6.07, 6.45) is 1.23. The Morgan fingerprint density at radius 1 is 1.06 bits per heavy atom. The number of fused-ring (bicyclic) bond motifs is 3. The number of H-pyrrole nitrogens is 1. The molecule has 2 amide bonds. The highest BCUT2D eigenvalue weighted by atomic mass is 16.5.